The monoisotopic (exact) mass is 505 g/mol. The summed E-state index contributed by atoms with van der Waals surface area (Å²) in [6, 6.07) is 5.98. The Morgan fingerprint density at radius 2 is 1.58 bits per heavy atom. The molecule has 2 aliphatic heterocycles. The van der Waals surface area contributed by atoms with Crippen molar-refractivity contribution in [2.24, 2.45) is 0 Å². The first kappa shape index (κ1) is 24.1. The van der Waals surface area contributed by atoms with Crippen LogP contribution in [0.15, 0.2) is 36.5 Å². The normalized spacial score (nSPS) is 18.7. The molecule has 7 nitrogen and oxygen atoms in total. The predicted octanol–water partition coefficient (Wildman–Crippen LogP) is 4.55. The van der Waals surface area contributed by atoms with E-state index in [0.29, 0.717) is 30.5 Å². The highest BCUT2D eigenvalue weighted by Gasteiger charge is 2.36. The van der Waals surface area contributed by atoms with E-state index in [2.05, 4.69) is 26.9 Å². The van der Waals surface area contributed by atoms with Crippen molar-refractivity contribution in [3.63, 3.8) is 0 Å². The quantitative estimate of drug-likeness (QED) is 0.483. The van der Waals surface area contributed by atoms with Gasteiger partial charge in [0.1, 0.15) is 5.82 Å². The molecule has 1 atom stereocenters. The second-order valence-electron chi connectivity index (χ2n) is 8.92. The van der Waals surface area contributed by atoms with E-state index in [1.54, 1.807) is 4.90 Å². The zero-order valence-corrected chi connectivity index (χ0v) is 19.5. The summed E-state index contributed by atoms with van der Waals surface area (Å²) >= 11 is 0. The van der Waals surface area contributed by atoms with Gasteiger partial charge in [-0.1, -0.05) is 0 Å². The third-order valence-electron chi connectivity index (χ3n) is 6.55. The largest absolute Gasteiger partial charge is 0.419 e. The maximum absolute atomic E-state index is 13.9. The highest BCUT2D eigenvalue weighted by Crippen LogP contribution is 2.35. The van der Waals surface area contributed by atoms with Gasteiger partial charge in [-0.3, -0.25) is 0 Å². The van der Waals surface area contributed by atoms with Crippen LogP contribution in [0.25, 0.3) is 11.4 Å². The van der Waals surface area contributed by atoms with Crippen molar-refractivity contribution in [1.29, 1.82) is 0 Å². The Labute approximate surface area is 204 Å². The molecule has 36 heavy (non-hydrogen) atoms. The van der Waals surface area contributed by atoms with Gasteiger partial charge in [0.25, 0.3) is 0 Å². The van der Waals surface area contributed by atoms with Crippen LogP contribution in [-0.2, 0) is 6.18 Å². The zero-order valence-electron chi connectivity index (χ0n) is 19.5. The van der Waals surface area contributed by atoms with Crippen LogP contribution in [0.4, 0.5) is 39.7 Å². The summed E-state index contributed by atoms with van der Waals surface area (Å²) in [5.41, 5.74) is -0.461. The maximum Gasteiger partial charge on any atom is 0.419 e. The number of hydrogen-bond acceptors (Lipinski definition) is 7. The van der Waals surface area contributed by atoms with Crippen LogP contribution in [0.5, 0.6) is 0 Å². The van der Waals surface area contributed by atoms with E-state index in [0.717, 1.165) is 37.6 Å². The van der Waals surface area contributed by atoms with Crippen molar-refractivity contribution in [3.8, 4) is 11.4 Å². The van der Waals surface area contributed by atoms with Gasteiger partial charge in [-0.2, -0.15) is 28.1 Å². The van der Waals surface area contributed by atoms with Crippen molar-refractivity contribution in [1.82, 2.24) is 19.9 Å². The Morgan fingerprint density at radius 1 is 0.861 bits per heavy atom. The van der Waals surface area contributed by atoms with E-state index < -0.39 is 23.4 Å². The molecule has 0 saturated carbocycles. The highest BCUT2D eigenvalue weighted by molar-refractivity contribution is 5.59. The molecule has 2 aliphatic rings. The summed E-state index contributed by atoms with van der Waals surface area (Å²) < 4.78 is 67.9. The van der Waals surface area contributed by atoms with E-state index in [1.807, 2.05) is 9.80 Å². The van der Waals surface area contributed by atoms with Crippen molar-refractivity contribution < 1.29 is 22.0 Å². The molecule has 0 spiro atoms. The summed E-state index contributed by atoms with van der Waals surface area (Å²) in [5.74, 6) is -1.08. The van der Waals surface area contributed by atoms with Crippen LogP contribution in [0.3, 0.4) is 0 Å². The standard InChI is InChI=1S/C24H24F5N7/c1-15-4-3-9-36(15)23-32-20(16-6-7-18(25)19(26)14-16)31-22(33-23)35-12-10-34(11-13-35)21-17(24(27,28)29)5-2-8-30-21/h2,5-8,14-15H,3-4,9-13H2,1H3. The molecule has 0 N–H and O–H groups in total. The average Bonchev–Trinajstić information content (AvgIpc) is 3.31. The zero-order chi connectivity index (χ0) is 25.4. The molecule has 1 aromatic carbocycles. The van der Waals surface area contributed by atoms with Crippen molar-refractivity contribution in [2.75, 3.05) is 47.4 Å². The fourth-order valence-electron chi connectivity index (χ4n) is 4.61. The number of halogens is 5. The molecule has 3 aromatic rings. The number of piperazine rings is 1. The molecule has 0 aliphatic carbocycles. The minimum Gasteiger partial charge on any atom is -0.353 e. The van der Waals surface area contributed by atoms with E-state index in [1.165, 1.54) is 18.3 Å². The second kappa shape index (κ2) is 9.47. The second-order valence-corrected chi connectivity index (χ2v) is 8.92. The number of anilines is 3. The summed E-state index contributed by atoms with van der Waals surface area (Å²) in [6.07, 6.45) is -1.20. The van der Waals surface area contributed by atoms with Gasteiger partial charge >= 0.3 is 6.18 Å². The minimum atomic E-state index is -4.50. The van der Waals surface area contributed by atoms with E-state index in [4.69, 9.17) is 0 Å². The van der Waals surface area contributed by atoms with Gasteiger partial charge in [0.2, 0.25) is 11.9 Å². The molecule has 2 aromatic heterocycles. The van der Waals surface area contributed by atoms with Crippen molar-refractivity contribution in [2.45, 2.75) is 32.0 Å². The van der Waals surface area contributed by atoms with Gasteiger partial charge in [0, 0.05) is 50.5 Å². The smallest absolute Gasteiger partial charge is 0.353 e. The fraction of sp³-hybridized carbons (Fsp3) is 0.417. The fourth-order valence-corrected chi connectivity index (χ4v) is 4.61. The molecule has 5 rings (SSSR count). The van der Waals surface area contributed by atoms with Gasteiger partial charge in [0.15, 0.2) is 17.5 Å². The number of hydrogen-bond donors (Lipinski definition) is 0. The third kappa shape index (κ3) is 4.76. The first-order valence-corrected chi connectivity index (χ1v) is 11.7. The summed E-state index contributed by atoms with van der Waals surface area (Å²) in [7, 11) is 0. The Kier molecular flexibility index (Phi) is 6.35. The van der Waals surface area contributed by atoms with Gasteiger partial charge in [-0.25, -0.2) is 13.8 Å². The Balaban J connectivity index is 1.44. The van der Waals surface area contributed by atoms with Crippen LogP contribution < -0.4 is 14.7 Å². The molecule has 0 radical (unpaired) electrons. The van der Waals surface area contributed by atoms with Gasteiger partial charge in [-0.15, -0.1) is 0 Å². The Bertz CT molecular complexity index is 1240. The Hall–Kier alpha value is -3.57. The highest BCUT2D eigenvalue weighted by atomic mass is 19.4. The lowest BCUT2D eigenvalue weighted by Gasteiger charge is -2.36. The Morgan fingerprint density at radius 3 is 2.25 bits per heavy atom. The molecular formula is C24H24F5N7. The topological polar surface area (TPSA) is 61.3 Å². The minimum absolute atomic E-state index is 0.102. The van der Waals surface area contributed by atoms with Gasteiger partial charge < -0.3 is 14.7 Å². The number of aromatic nitrogens is 4. The summed E-state index contributed by atoms with van der Waals surface area (Å²) in [4.78, 5) is 23.2. The van der Waals surface area contributed by atoms with E-state index >= 15 is 0 Å². The number of pyridine rings is 1. The number of rotatable bonds is 4. The molecule has 190 valence electrons. The van der Waals surface area contributed by atoms with Gasteiger partial charge in [-0.05, 0) is 50.1 Å². The van der Waals surface area contributed by atoms with Crippen LogP contribution >= 0.6 is 0 Å². The lowest BCUT2D eigenvalue weighted by atomic mass is 10.2. The molecule has 0 bridgehead atoms. The molecule has 2 fully saturated rings. The number of alkyl halides is 3. The predicted molar refractivity (Wildman–Crippen MR) is 125 cm³/mol. The lowest BCUT2D eigenvalue weighted by molar-refractivity contribution is -0.137. The van der Waals surface area contributed by atoms with Gasteiger partial charge in [0.05, 0.1) is 5.56 Å². The number of nitrogens with zero attached hydrogens (tertiary/aromatic N) is 7. The van der Waals surface area contributed by atoms with Crippen molar-refractivity contribution in [3.05, 3.63) is 53.7 Å². The molecule has 12 heteroatoms. The van der Waals surface area contributed by atoms with Crippen LogP contribution in [0.2, 0.25) is 0 Å². The van der Waals surface area contributed by atoms with Crippen molar-refractivity contribution >= 4 is 17.7 Å². The lowest BCUT2D eigenvalue weighted by Crippen LogP contribution is -2.48. The number of benzene rings is 1. The first-order valence-electron chi connectivity index (χ1n) is 11.7. The van der Waals surface area contributed by atoms with E-state index in [-0.39, 0.29) is 30.8 Å². The SMILES string of the molecule is CC1CCCN1c1nc(-c2ccc(F)c(F)c2)nc(N2CCN(c3ncccc3C(F)(F)F)CC2)n1. The molecule has 0 amide bonds. The summed E-state index contributed by atoms with van der Waals surface area (Å²) in [5, 5.41) is 0. The molecule has 1 unspecified atom stereocenters. The average molecular weight is 505 g/mol. The molecular weight excluding hydrogens is 481 g/mol. The van der Waals surface area contributed by atoms with Crippen LogP contribution in [0, 0.1) is 11.6 Å². The maximum atomic E-state index is 13.9. The molecule has 2 saturated heterocycles. The van der Waals surface area contributed by atoms with Crippen LogP contribution in [0.1, 0.15) is 25.3 Å². The third-order valence-corrected chi connectivity index (χ3v) is 6.55. The van der Waals surface area contributed by atoms with Crippen LogP contribution in [-0.4, -0.2) is 58.7 Å². The molecule has 4 heterocycles. The first-order chi connectivity index (χ1) is 17.2. The van der Waals surface area contributed by atoms with E-state index in [9.17, 15) is 22.0 Å². The summed E-state index contributed by atoms with van der Waals surface area (Å²) in [6.45, 7) is 4.09.